The van der Waals surface area contributed by atoms with Crippen molar-refractivity contribution in [2.24, 2.45) is 0 Å². The first-order chi connectivity index (χ1) is 8.36. The number of aromatic nitrogens is 1. The second-order valence-corrected chi connectivity index (χ2v) is 4.69. The lowest BCUT2D eigenvalue weighted by Crippen LogP contribution is -2.25. The zero-order valence-corrected chi connectivity index (χ0v) is 10.2. The minimum atomic E-state index is -0.100. The number of rotatable bonds is 5. The number of aryl methyl sites for hydroxylation is 1. The standard InChI is InChI=1S/C13H14N2OS/c16-13(12-7-1-2-8-14-12)15-9-3-5-11-6-4-10-17-11/h1-2,4,6-8,10H,3,5,9H2,(H,15,16). The van der Waals surface area contributed by atoms with Crippen LogP contribution in [0.5, 0.6) is 0 Å². The van der Waals surface area contributed by atoms with Gasteiger partial charge >= 0.3 is 0 Å². The molecule has 1 N–H and O–H groups in total. The quantitative estimate of drug-likeness (QED) is 0.824. The van der Waals surface area contributed by atoms with Crippen LogP contribution in [-0.4, -0.2) is 17.4 Å². The van der Waals surface area contributed by atoms with Crippen LogP contribution in [0.25, 0.3) is 0 Å². The van der Waals surface area contributed by atoms with E-state index in [9.17, 15) is 4.79 Å². The van der Waals surface area contributed by atoms with E-state index in [1.165, 1.54) is 4.88 Å². The Kier molecular flexibility index (Phi) is 4.27. The Morgan fingerprint density at radius 3 is 2.94 bits per heavy atom. The topological polar surface area (TPSA) is 42.0 Å². The molecule has 0 aliphatic carbocycles. The summed E-state index contributed by atoms with van der Waals surface area (Å²) in [7, 11) is 0. The average Bonchev–Trinajstić information content (AvgIpc) is 2.88. The van der Waals surface area contributed by atoms with E-state index >= 15 is 0 Å². The van der Waals surface area contributed by atoms with Gasteiger partial charge in [-0.1, -0.05) is 12.1 Å². The fraction of sp³-hybridized carbons (Fsp3) is 0.231. The first-order valence-corrected chi connectivity index (χ1v) is 6.46. The van der Waals surface area contributed by atoms with Crippen LogP contribution in [0.1, 0.15) is 21.8 Å². The van der Waals surface area contributed by atoms with Crippen LogP contribution >= 0.6 is 11.3 Å². The van der Waals surface area contributed by atoms with Crippen LogP contribution in [0.4, 0.5) is 0 Å². The fourth-order valence-corrected chi connectivity index (χ4v) is 2.26. The number of carbonyl (C=O) groups excluding carboxylic acids is 1. The van der Waals surface area contributed by atoms with Crippen molar-refractivity contribution in [1.29, 1.82) is 0 Å². The monoisotopic (exact) mass is 246 g/mol. The van der Waals surface area contributed by atoms with Crippen molar-refractivity contribution < 1.29 is 4.79 Å². The maximum atomic E-state index is 11.6. The van der Waals surface area contributed by atoms with E-state index in [0.717, 1.165) is 12.8 Å². The molecule has 3 nitrogen and oxygen atoms in total. The lowest BCUT2D eigenvalue weighted by molar-refractivity contribution is 0.0948. The van der Waals surface area contributed by atoms with Crippen LogP contribution in [0.2, 0.25) is 0 Å². The Labute approximate surface area is 105 Å². The third-order valence-electron chi connectivity index (χ3n) is 2.36. The van der Waals surface area contributed by atoms with Gasteiger partial charge in [-0.3, -0.25) is 9.78 Å². The second kappa shape index (κ2) is 6.15. The molecule has 0 saturated heterocycles. The first-order valence-electron chi connectivity index (χ1n) is 5.58. The molecule has 88 valence electrons. The lowest BCUT2D eigenvalue weighted by atomic mass is 10.2. The largest absolute Gasteiger partial charge is 0.351 e. The van der Waals surface area contributed by atoms with Gasteiger partial charge in [0.25, 0.3) is 5.91 Å². The molecule has 2 rings (SSSR count). The summed E-state index contributed by atoms with van der Waals surface area (Å²) in [6, 6.07) is 9.49. The normalized spacial score (nSPS) is 10.1. The van der Waals surface area contributed by atoms with Crippen molar-refractivity contribution in [3.63, 3.8) is 0 Å². The van der Waals surface area contributed by atoms with E-state index in [4.69, 9.17) is 0 Å². The molecule has 0 saturated carbocycles. The third kappa shape index (κ3) is 3.67. The Bertz CT molecular complexity index is 454. The Hall–Kier alpha value is -1.68. The molecule has 17 heavy (non-hydrogen) atoms. The molecule has 0 aliphatic rings. The molecule has 2 aromatic rings. The number of thiophene rings is 1. The molecular formula is C13H14N2OS. The third-order valence-corrected chi connectivity index (χ3v) is 3.30. The van der Waals surface area contributed by atoms with E-state index in [0.29, 0.717) is 12.2 Å². The number of hydrogen-bond donors (Lipinski definition) is 1. The van der Waals surface area contributed by atoms with Crippen LogP contribution < -0.4 is 5.32 Å². The lowest BCUT2D eigenvalue weighted by Gasteiger charge is -2.03. The molecule has 1 amide bonds. The summed E-state index contributed by atoms with van der Waals surface area (Å²) in [4.78, 5) is 17.0. The highest BCUT2D eigenvalue weighted by molar-refractivity contribution is 7.09. The molecule has 0 fully saturated rings. The van der Waals surface area contributed by atoms with E-state index < -0.39 is 0 Å². The minimum Gasteiger partial charge on any atom is -0.351 e. The summed E-state index contributed by atoms with van der Waals surface area (Å²) < 4.78 is 0. The molecule has 0 aromatic carbocycles. The van der Waals surface area contributed by atoms with E-state index in [2.05, 4.69) is 21.7 Å². The zero-order valence-electron chi connectivity index (χ0n) is 9.43. The van der Waals surface area contributed by atoms with Gasteiger partial charge < -0.3 is 5.32 Å². The molecule has 0 unspecified atom stereocenters. The highest BCUT2D eigenvalue weighted by Gasteiger charge is 2.04. The summed E-state index contributed by atoms with van der Waals surface area (Å²) in [6.07, 6.45) is 3.60. The summed E-state index contributed by atoms with van der Waals surface area (Å²) in [5.41, 5.74) is 0.476. The average molecular weight is 246 g/mol. The molecule has 0 spiro atoms. The summed E-state index contributed by atoms with van der Waals surface area (Å²) in [5, 5.41) is 4.94. The van der Waals surface area contributed by atoms with Gasteiger partial charge in [0, 0.05) is 17.6 Å². The Balaban J connectivity index is 1.70. The molecule has 0 atom stereocenters. The van der Waals surface area contributed by atoms with Gasteiger partial charge in [0.2, 0.25) is 0 Å². The number of nitrogens with zero attached hydrogens (tertiary/aromatic N) is 1. The van der Waals surface area contributed by atoms with Gasteiger partial charge in [-0.15, -0.1) is 11.3 Å². The predicted molar refractivity (Wildman–Crippen MR) is 69.2 cm³/mol. The van der Waals surface area contributed by atoms with Crippen molar-refractivity contribution in [2.45, 2.75) is 12.8 Å². The Morgan fingerprint density at radius 2 is 2.24 bits per heavy atom. The minimum absolute atomic E-state index is 0.100. The highest BCUT2D eigenvalue weighted by atomic mass is 32.1. The van der Waals surface area contributed by atoms with Crippen molar-refractivity contribution in [3.8, 4) is 0 Å². The van der Waals surface area contributed by atoms with E-state index in [1.807, 2.05) is 12.1 Å². The molecule has 0 bridgehead atoms. The van der Waals surface area contributed by atoms with Crippen molar-refractivity contribution >= 4 is 17.2 Å². The van der Waals surface area contributed by atoms with Crippen molar-refractivity contribution in [3.05, 3.63) is 52.5 Å². The number of hydrogen-bond acceptors (Lipinski definition) is 3. The van der Waals surface area contributed by atoms with Crippen molar-refractivity contribution in [1.82, 2.24) is 10.3 Å². The first kappa shape index (κ1) is 11.8. The number of amides is 1. The van der Waals surface area contributed by atoms with Crippen LogP contribution in [-0.2, 0) is 6.42 Å². The van der Waals surface area contributed by atoms with Crippen LogP contribution in [0.3, 0.4) is 0 Å². The number of pyridine rings is 1. The predicted octanol–water partition coefficient (Wildman–Crippen LogP) is 2.51. The van der Waals surface area contributed by atoms with Gasteiger partial charge in [0.05, 0.1) is 0 Å². The van der Waals surface area contributed by atoms with Gasteiger partial charge in [-0.05, 0) is 36.4 Å². The highest BCUT2D eigenvalue weighted by Crippen LogP contribution is 2.10. The van der Waals surface area contributed by atoms with Gasteiger partial charge in [0.1, 0.15) is 5.69 Å². The summed E-state index contributed by atoms with van der Waals surface area (Å²) >= 11 is 1.75. The summed E-state index contributed by atoms with van der Waals surface area (Å²) in [5.74, 6) is -0.100. The molecule has 2 heterocycles. The van der Waals surface area contributed by atoms with E-state index in [1.54, 1.807) is 29.7 Å². The Morgan fingerprint density at radius 1 is 1.29 bits per heavy atom. The number of carbonyl (C=O) groups is 1. The van der Waals surface area contributed by atoms with E-state index in [-0.39, 0.29) is 5.91 Å². The van der Waals surface area contributed by atoms with Gasteiger partial charge in [-0.25, -0.2) is 0 Å². The zero-order chi connectivity index (χ0) is 11.9. The summed E-state index contributed by atoms with van der Waals surface area (Å²) in [6.45, 7) is 0.688. The number of nitrogens with one attached hydrogen (secondary N) is 1. The molecule has 0 aliphatic heterocycles. The molecule has 4 heteroatoms. The maximum Gasteiger partial charge on any atom is 0.269 e. The molecular weight excluding hydrogens is 232 g/mol. The second-order valence-electron chi connectivity index (χ2n) is 3.65. The van der Waals surface area contributed by atoms with Crippen LogP contribution in [0, 0.1) is 0 Å². The van der Waals surface area contributed by atoms with Crippen molar-refractivity contribution in [2.75, 3.05) is 6.54 Å². The van der Waals surface area contributed by atoms with Gasteiger partial charge in [-0.2, -0.15) is 0 Å². The maximum absolute atomic E-state index is 11.6. The van der Waals surface area contributed by atoms with Gasteiger partial charge in [0.15, 0.2) is 0 Å². The fourth-order valence-electron chi connectivity index (χ4n) is 1.51. The SMILES string of the molecule is O=C(NCCCc1cccs1)c1ccccn1. The molecule has 0 radical (unpaired) electrons. The van der Waals surface area contributed by atoms with Crippen LogP contribution in [0.15, 0.2) is 41.9 Å². The molecule has 2 aromatic heterocycles. The smallest absolute Gasteiger partial charge is 0.269 e.